The number of likely N-dealkylation sites (N-methyl/N-ethyl adjacent to an activating group) is 1. The van der Waals surface area contributed by atoms with Crippen LogP contribution >= 0.6 is 0 Å². The van der Waals surface area contributed by atoms with Crippen LogP contribution in [-0.2, 0) is 9.47 Å². The van der Waals surface area contributed by atoms with Gasteiger partial charge in [0.15, 0.2) is 0 Å². The van der Waals surface area contributed by atoms with Gasteiger partial charge in [0.2, 0.25) is 0 Å². The van der Waals surface area contributed by atoms with Crippen LogP contribution in [0.4, 0.5) is 0 Å². The Morgan fingerprint density at radius 1 is 1.29 bits per heavy atom. The summed E-state index contributed by atoms with van der Waals surface area (Å²) in [5.41, 5.74) is 0. The summed E-state index contributed by atoms with van der Waals surface area (Å²) in [6.07, 6.45) is 3.60. The Hall–Kier alpha value is -0.120. The van der Waals surface area contributed by atoms with E-state index in [2.05, 4.69) is 12.2 Å². The van der Waals surface area contributed by atoms with Crippen molar-refractivity contribution in [3.63, 3.8) is 0 Å². The number of rotatable bonds is 9. The monoisotopic (exact) mass is 203 g/mol. The van der Waals surface area contributed by atoms with E-state index in [1.165, 1.54) is 0 Å². The number of hydrogen-bond donors (Lipinski definition) is 1. The molecule has 0 aromatic heterocycles. The number of nitrogens with one attached hydrogen (secondary N) is 1. The standard InChI is InChI=1S/C11H25NO2/c1-5-11(14-6-2)10(12-3)8-7-9-13-4/h10-12H,5-9H2,1-4H3. The van der Waals surface area contributed by atoms with E-state index in [4.69, 9.17) is 9.47 Å². The van der Waals surface area contributed by atoms with E-state index in [9.17, 15) is 0 Å². The zero-order chi connectivity index (χ0) is 10.8. The van der Waals surface area contributed by atoms with Crippen molar-refractivity contribution < 1.29 is 9.47 Å². The largest absolute Gasteiger partial charge is 0.385 e. The molecule has 3 nitrogen and oxygen atoms in total. The minimum atomic E-state index is 0.335. The number of methoxy groups -OCH3 is 1. The first kappa shape index (κ1) is 13.9. The van der Waals surface area contributed by atoms with Crippen molar-refractivity contribution in [2.75, 3.05) is 27.4 Å². The maximum Gasteiger partial charge on any atom is 0.0725 e. The minimum Gasteiger partial charge on any atom is -0.385 e. The highest BCUT2D eigenvalue weighted by atomic mass is 16.5. The van der Waals surface area contributed by atoms with Gasteiger partial charge in [-0.3, -0.25) is 0 Å². The van der Waals surface area contributed by atoms with Crippen molar-refractivity contribution >= 4 is 0 Å². The van der Waals surface area contributed by atoms with Gasteiger partial charge in [-0.2, -0.15) is 0 Å². The van der Waals surface area contributed by atoms with Gasteiger partial charge >= 0.3 is 0 Å². The smallest absolute Gasteiger partial charge is 0.0725 e. The molecule has 0 spiro atoms. The van der Waals surface area contributed by atoms with Gasteiger partial charge in [0.25, 0.3) is 0 Å². The molecule has 0 rings (SSSR count). The quantitative estimate of drug-likeness (QED) is 0.580. The van der Waals surface area contributed by atoms with Gasteiger partial charge in [0, 0.05) is 26.4 Å². The van der Waals surface area contributed by atoms with Gasteiger partial charge in [-0.05, 0) is 33.2 Å². The highest BCUT2D eigenvalue weighted by Crippen LogP contribution is 2.09. The molecule has 0 saturated heterocycles. The van der Waals surface area contributed by atoms with Crippen LogP contribution in [0.2, 0.25) is 0 Å². The molecule has 14 heavy (non-hydrogen) atoms. The van der Waals surface area contributed by atoms with Crippen molar-refractivity contribution in [1.29, 1.82) is 0 Å². The summed E-state index contributed by atoms with van der Waals surface area (Å²) in [6.45, 7) is 5.84. The van der Waals surface area contributed by atoms with Gasteiger partial charge in [-0.1, -0.05) is 6.92 Å². The zero-order valence-electron chi connectivity index (χ0n) is 10.0. The molecule has 2 unspecified atom stereocenters. The minimum absolute atomic E-state index is 0.335. The van der Waals surface area contributed by atoms with Crippen LogP contribution in [0.5, 0.6) is 0 Å². The normalized spacial score (nSPS) is 15.4. The molecule has 0 fully saturated rings. The molecule has 0 radical (unpaired) electrons. The molecule has 0 saturated carbocycles. The van der Waals surface area contributed by atoms with Crippen LogP contribution in [0.25, 0.3) is 0 Å². The topological polar surface area (TPSA) is 30.5 Å². The van der Waals surface area contributed by atoms with Crippen LogP contribution < -0.4 is 5.32 Å². The molecule has 0 aliphatic heterocycles. The SMILES string of the molecule is CCOC(CC)C(CCCOC)NC. The van der Waals surface area contributed by atoms with Crippen LogP contribution in [0.1, 0.15) is 33.1 Å². The van der Waals surface area contributed by atoms with E-state index < -0.39 is 0 Å². The van der Waals surface area contributed by atoms with E-state index in [1.807, 2.05) is 14.0 Å². The second-order valence-electron chi connectivity index (χ2n) is 3.43. The van der Waals surface area contributed by atoms with Gasteiger partial charge in [-0.25, -0.2) is 0 Å². The molecule has 0 amide bonds. The number of hydrogen-bond acceptors (Lipinski definition) is 3. The van der Waals surface area contributed by atoms with Gasteiger partial charge in [0.1, 0.15) is 0 Å². The van der Waals surface area contributed by atoms with Crippen molar-refractivity contribution in [1.82, 2.24) is 5.32 Å². The fourth-order valence-electron chi connectivity index (χ4n) is 1.70. The zero-order valence-corrected chi connectivity index (χ0v) is 10.0. The fourth-order valence-corrected chi connectivity index (χ4v) is 1.70. The van der Waals surface area contributed by atoms with Gasteiger partial charge in [-0.15, -0.1) is 0 Å². The molecule has 3 heteroatoms. The van der Waals surface area contributed by atoms with Crippen molar-refractivity contribution in [3.05, 3.63) is 0 Å². The van der Waals surface area contributed by atoms with Crippen molar-refractivity contribution in [2.45, 2.75) is 45.3 Å². The van der Waals surface area contributed by atoms with E-state index in [1.54, 1.807) is 7.11 Å². The highest BCUT2D eigenvalue weighted by Gasteiger charge is 2.17. The molecular weight excluding hydrogens is 178 g/mol. The second-order valence-corrected chi connectivity index (χ2v) is 3.43. The van der Waals surface area contributed by atoms with Crippen molar-refractivity contribution in [3.8, 4) is 0 Å². The highest BCUT2D eigenvalue weighted by molar-refractivity contribution is 4.74. The molecule has 1 N–H and O–H groups in total. The van der Waals surface area contributed by atoms with Crippen LogP contribution in [-0.4, -0.2) is 39.5 Å². The Morgan fingerprint density at radius 3 is 2.43 bits per heavy atom. The maximum atomic E-state index is 5.67. The summed E-state index contributed by atoms with van der Waals surface area (Å²) in [6, 6.07) is 0.454. The summed E-state index contributed by atoms with van der Waals surface area (Å²) in [5.74, 6) is 0. The summed E-state index contributed by atoms with van der Waals surface area (Å²) in [4.78, 5) is 0. The lowest BCUT2D eigenvalue weighted by atomic mass is 10.0. The fraction of sp³-hybridized carbons (Fsp3) is 1.00. The molecule has 0 aromatic carbocycles. The first-order valence-corrected chi connectivity index (χ1v) is 5.57. The Balaban J connectivity index is 3.81. The summed E-state index contributed by atoms with van der Waals surface area (Å²) in [5, 5.41) is 3.32. The maximum absolute atomic E-state index is 5.67. The molecule has 0 aromatic rings. The predicted octanol–water partition coefficient (Wildman–Crippen LogP) is 1.82. The molecule has 2 atom stereocenters. The Kier molecular flexibility index (Phi) is 9.35. The van der Waals surface area contributed by atoms with Crippen LogP contribution in [0.3, 0.4) is 0 Å². The molecular formula is C11H25NO2. The lowest BCUT2D eigenvalue weighted by molar-refractivity contribution is 0.0293. The Morgan fingerprint density at radius 2 is 2.00 bits per heavy atom. The summed E-state index contributed by atoms with van der Waals surface area (Å²) in [7, 11) is 3.74. The van der Waals surface area contributed by atoms with E-state index in [0.29, 0.717) is 12.1 Å². The third-order valence-electron chi connectivity index (χ3n) is 2.47. The van der Waals surface area contributed by atoms with Gasteiger partial charge < -0.3 is 14.8 Å². The van der Waals surface area contributed by atoms with Gasteiger partial charge in [0.05, 0.1) is 6.10 Å². The van der Waals surface area contributed by atoms with E-state index in [0.717, 1.165) is 32.5 Å². The molecule has 0 bridgehead atoms. The lowest BCUT2D eigenvalue weighted by Crippen LogP contribution is -2.39. The van der Waals surface area contributed by atoms with Crippen LogP contribution in [0.15, 0.2) is 0 Å². The molecule has 0 aliphatic rings. The van der Waals surface area contributed by atoms with E-state index >= 15 is 0 Å². The third-order valence-corrected chi connectivity index (χ3v) is 2.47. The summed E-state index contributed by atoms with van der Waals surface area (Å²) < 4.78 is 10.7. The average molecular weight is 203 g/mol. The first-order chi connectivity index (χ1) is 6.79. The van der Waals surface area contributed by atoms with Crippen LogP contribution in [0, 0.1) is 0 Å². The van der Waals surface area contributed by atoms with Crippen molar-refractivity contribution in [2.24, 2.45) is 0 Å². The molecule has 86 valence electrons. The second kappa shape index (κ2) is 9.44. The average Bonchev–Trinajstić information content (AvgIpc) is 2.22. The van der Waals surface area contributed by atoms with E-state index in [-0.39, 0.29) is 0 Å². The Labute approximate surface area is 88.2 Å². The Bertz CT molecular complexity index is 120. The molecule has 0 aliphatic carbocycles. The lowest BCUT2D eigenvalue weighted by Gasteiger charge is -2.25. The first-order valence-electron chi connectivity index (χ1n) is 5.57. The summed E-state index contributed by atoms with van der Waals surface area (Å²) >= 11 is 0. The molecule has 0 heterocycles. The third kappa shape index (κ3) is 5.58. The predicted molar refractivity (Wildman–Crippen MR) is 59.7 cm³/mol. The number of ether oxygens (including phenoxy) is 2.